The maximum absolute atomic E-state index is 9.97. The first-order chi connectivity index (χ1) is 9.22. The van der Waals surface area contributed by atoms with Crippen LogP contribution in [0, 0.1) is 0 Å². The summed E-state index contributed by atoms with van der Waals surface area (Å²) in [6.45, 7) is 3.33. The zero-order chi connectivity index (χ0) is 13.2. The highest BCUT2D eigenvalue weighted by Crippen LogP contribution is 2.36. The molecule has 4 bridgehead atoms. The van der Waals surface area contributed by atoms with Crippen molar-refractivity contribution in [2.24, 2.45) is 0 Å². The molecular weight excluding hydrogens is 240 g/mol. The minimum atomic E-state index is -0.150. The van der Waals surface area contributed by atoms with Gasteiger partial charge in [-0.25, -0.2) is 0 Å². The third-order valence-corrected chi connectivity index (χ3v) is 3.57. The monoisotopic (exact) mass is 258 g/mol. The molecule has 1 atom stereocenters. The van der Waals surface area contributed by atoms with Gasteiger partial charge in [-0.15, -0.1) is 0 Å². The summed E-state index contributed by atoms with van der Waals surface area (Å²) in [5.74, 6) is 1.03. The second kappa shape index (κ2) is 5.10. The van der Waals surface area contributed by atoms with Crippen molar-refractivity contribution in [3.8, 4) is 11.5 Å². The fourth-order valence-electron chi connectivity index (χ4n) is 2.45. The van der Waals surface area contributed by atoms with Crippen LogP contribution < -0.4 is 4.74 Å². The van der Waals surface area contributed by atoms with Crippen molar-refractivity contribution in [1.29, 1.82) is 0 Å². The van der Waals surface area contributed by atoms with Crippen molar-refractivity contribution in [1.82, 2.24) is 0 Å². The predicted octanol–water partition coefficient (Wildman–Crippen LogP) is 3.51. The number of rotatable bonds is 0. The number of fused-ring (bicyclic) bond motifs is 4. The molecule has 100 valence electrons. The van der Waals surface area contributed by atoms with Crippen LogP contribution in [0.2, 0.25) is 0 Å². The van der Waals surface area contributed by atoms with Crippen LogP contribution >= 0.6 is 0 Å². The normalized spacial score (nSPS) is 25.4. The van der Waals surface area contributed by atoms with Gasteiger partial charge < -0.3 is 14.6 Å². The third-order valence-electron chi connectivity index (χ3n) is 3.57. The SMILES string of the molecule is C/C1=C\CCC2=CC(OC2)c2cc(ccc2O)OC1. The van der Waals surface area contributed by atoms with Crippen molar-refractivity contribution >= 4 is 0 Å². The van der Waals surface area contributed by atoms with Crippen molar-refractivity contribution in [3.05, 3.63) is 47.1 Å². The molecule has 1 unspecified atom stereocenters. The van der Waals surface area contributed by atoms with Crippen LogP contribution in [0.15, 0.2) is 41.5 Å². The van der Waals surface area contributed by atoms with Crippen LogP contribution in [-0.2, 0) is 4.74 Å². The van der Waals surface area contributed by atoms with E-state index in [-0.39, 0.29) is 11.9 Å². The number of phenols is 1. The van der Waals surface area contributed by atoms with Crippen LogP contribution in [-0.4, -0.2) is 18.3 Å². The zero-order valence-electron chi connectivity index (χ0n) is 11.1. The van der Waals surface area contributed by atoms with Crippen LogP contribution in [0.4, 0.5) is 0 Å². The van der Waals surface area contributed by atoms with Crippen molar-refractivity contribution < 1.29 is 14.6 Å². The Labute approximate surface area is 113 Å². The molecule has 19 heavy (non-hydrogen) atoms. The number of benzene rings is 1. The number of aromatic hydroxyl groups is 1. The summed E-state index contributed by atoms with van der Waals surface area (Å²) in [5.41, 5.74) is 3.32. The number of hydrogen-bond acceptors (Lipinski definition) is 3. The van der Waals surface area contributed by atoms with Gasteiger partial charge in [0.25, 0.3) is 0 Å². The highest BCUT2D eigenvalue weighted by Gasteiger charge is 2.21. The molecule has 0 amide bonds. The van der Waals surface area contributed by atoms with E-state index in [4.69, 9.17) is 9.47 Å². The van der Waals surface area contributed by atoms with Gasteiger partial charge in [0.1, 0.15) is 24.2 Å². The third kappa shape index (κ3) is 2.66. The Kier molecular flexibility index (Phi) is 3.30. The molecule has 1 N–H and O–H groups in total. The minimum Gasteiger partial charge on any atom is -0.508 e. The number of hydrogen-bond donors (Lipinski definition) is 1. The van der Waals surface area contributed by atoms with Gasteiger partial charge in [-0.05, 0) is 55.2 Å². The first-order valence-corrected chi connectivity index (χ1v) is 6.65. The molecule has 3 nitrogen and oxygen atoms in total. The second-order valence-electron chi connectivity index (χ2n) is 5.15. The predicted molar refractivity (Wildman–Crippen MR) is 73.4 cm³/mol. The van der Waals surface area contributed by atoms with E-state index in [0.29, 0.717) is 13.2 Å². The zero-order valence-corrected chi connectivity index (χ0v) is 11.1. The Morgan fingerprint density at radius 3 is 3.05 bits per heavy atom. The average molecular weight is 258 g/mol. The molecular formula is C16H18O3. The lowest BCUT2D eigenvalue weighted by molar-refractivity contribution is 0.123. The molecule has 0 saturated carbocycles. The highest BCUT2D eigenvalue weighted by molar-refractivity contribution is 5.43. The molecule has 1 aromatic rings. The lowest BCUT2D eigenvalue weighted by Crippen LogP contribution is -2.01. The molecule has 3 rings (SSSR count). The fourth-order valence-corrected chi connectivity index (χ4v) is 2.45. The molecule has 3 heteroatoms. The molecule has 0 aliphatic carbocycles. The van der Waals surface area contributed by atoms with Gasteiger partial charge in [0.15, 0.2) is 0 Å². The average Bonchev–Trinajstić information content (AvgIpc) is 2.85. The smallest absolute Gasteiger partial charge is 0.121 e. The topological polar surface area (TPSA) is 38.7 Å². The van der Waals surface area contributed by atoms with E-state index in [2.05, 4.69) is 19.1 Å². The summed E-state index contributed by atoms with van der Waals surface area (Å²) in [6, 6.07) is 5.33. The first kappa shape index (κ1) is 12.3. The van der Waals surface area contributed by atoms with Gasteiger partial charge in [0, 0.05) is 5.56 Å². The van der Waals surface area contributed by atoms with Gasteiger partial charge in [0.05, 0.1) is 6.61 Å². The molecule has 0 fully saturated rings. The summed E-state index contributed by atoms with van der Waals surface area (Å²) >= 11 is 0. The molecule has 2 aliphatic heterocycles. The number of phenolic OH excluding ortho intramolecular Hbond substituents is 1. The van der Waals surface area contributed by atoms with Gasteiger partial charge in [-0.3, -0.25) is 0 Å². The maximum atomic E-state index is 9.97. The quantitative estimate of drug-likeness (QED) is 0.724. The van der Waals surface area contributed by atoms with Gasteiger partial charge in [-0.1, -0.05) is 6.08 Å². The largest absolute Gasteiger partial charge is 0.508 e. The van der Waals surface area contributed by atoms with E-state index in [1.807, 2.05) is 6.07 Å². The van der Waals surface area contributed by atoms with E-state index in [1.54, 1.807) is 12.1 Å². The molecule has 0 spiro atoms. The van der Waals surface area contributed by atoms with Crippen LogP contribution in [0.1, 0.15) is 31.4 Å². The van der Waals surface area contributed by atoms with Gasteiger partial charge in [0.2, 0.25) is 0 Å². The van der Waals surface area contributed by atoms with E-state index in [9.17, 15) is 5.11 Å². The van der Waals surface area contributed by atoms with Crippen molar-refractivity contribution in [3.63, 3.8) is 0 Å². The van der Waals surface area contributed by atoms with Crippen LogP contribution in [0.3, 0.4) is 0 Å². The van der Waals surface area contributed by atoms with Crippen molar-refractivity contribution in [2.45, 2.75) is 25.9 Å². The highest BCUT2D eigenvalue weighted by atomic mass is 16.5. The van der Waals surface area contributed by atoms with E-state index < -0.39 is 0 Å². The van der Waals surface area contributed by atoms with E-state index in [1.165, 1.54) is 11.1 Å². The Morgan fingerprint density at radius 2 is 2.16 bits per heavy atom. The van der Waals surface area contributed by atoms with E-state index >= 15 is 0 Å². The number of allylic oxidation sites excluding steroid dienone is 1. The Morgan fingerprint density at radius 1 is 1.26 bits per heavy atom. The molecule has 0 radical (unpaired) electrons. The van der Waals surface area contributed by atoms with Crippen LogP contribution in [0.25, 0.3) is 0 Å². The van der Waals surface area contributed by atoms with Gasteiger partial charge in [-0.2, -0.15) is 0 Å². The summed E-state index contributed by atoms with van der Waals surface area (Å²) in [4.78, 5) is 0. The molecule has 2 heterocycles. The fraction of sp³-hybridized carbons (Fsp3) is 0.375. The Bertz CT molecular complexity index is 543. The van der Waals surface area contributed by atoms with Crippen molar-refractivity contribution in [2.75, 3.05) is 13.2 Å². The standard InChI is InChI=1S/C16H18O3/c1-11-3-2-4-12-7-16(19-10-12)14-8-13(18-9-11)5-6-15(14)17/h3,5-8,16-17H,2,4,9-10H2,1H3/b11-3+. The first-order valence-electron chi connectivity index (χ1n) is 6.65. The number of ether oxygens (including phenoxy) is 2. The Balaban J connectivity index is 1.98. The molecule has 1 aromatic carbocycles. The van der Waals surface area contributed by atoms with Crippen LogP contribution in [0.5, 0.6) is 11.5 Å². The summed E-state index contributed by atoms with van der Waals surface area (Å²) in [7, 11) is 0. The minimum absolute atomic E-state index is 0.150. The van der Waals surface area contributed by atoms with E-state index in [0.717, 1.165) is 24.2 Å². The van der Waals surface area contributed by atoms with Gasteiger partial charge >= 0.3 is 0 Å². The molecule has 0 aromatic heterocycles. The second-order valence-corrected chi connectivity index (χ2v) is 5.15. The summed E-state index contributed by atoms with van der Waals surface area (Å²) < 4.78 is 11.5. The maximum Gasteiger partial charge on any atom is 0.121 e. The molecule has 0 saturated heterocycles. The lowest BCUT2D eigenvalue weighted by atomic mass is 10.0. The Hall–Kier alpha value is -1.74. The summed E-state index contributed by atoms with van der Waals surface area (Å²) in [6.07, 6.45) is 6.20. The summed E-state index contributed by atoms with van der Waals surface area (Å²) in [5, 5.41) is 9.97. The lowest BCUT2D eigenvalue weighted by Gasteiger charge is -2.13. The molecule has 2 aliphatic rings.